The first-order valence-electron chi connectivity index (χ1n) is 10.9. The quantitative estimate of drug-likeness (QED) is 0.475. The summed E-state index contributed by atoms with van der Waals surface area (Å²) in [4.78, 5) is 0. The van der Waals surface area contributed by atoms with Gasteiger partial charge in [0.25, 0.3) is 0 Å². The Morgan fingerprint density at radius 1 is 0.500 bits per heavy atom. The Kier molecular flexibility index (Phi) is 41.8. The molecular weight excluding hydrogens is 320 g/mol. The zero-order chi connectivity index (χ0) is 19.8. The van der Waals surface area contributed by atoms with E-state index in [-0.39, 0.29) is 7.43 Å². The van der Waals surface area contributed by atoms with Gasteiger partial charge in [-0.1, -0.05) is 99.3 Å². The Balaban J connectivity index is -0.000000118. The molecule has 3 aliphatic rings. The summed E-state index contributed by atoms with van der Waals surface area (Å²) in [7, 11) is 0. The molecule has 164 valence electrons. The largest absolute Gasteiger partial charge is 0.331 e. The molecule has 3 fully saturated rings. The molecule has 0 aromatic rings. The molecule has 4 heteroatoms. The molecule has 0 spiro atoms. The fourth-order valence-electron chi connectivity index (χ4n) is 3.23. The van der Waals surface area contributed by atoms with E-state index in [0.29, 0.717) is 0 Å². The minimum Gasteiger partial charge on any atom is -0.331 e. The van der Waals surface area contributed by atoms with Crippen LogP contribution in [-0.2, 0) is 0 Å². The van der Waals surface area contributed by atoms with Crippen LogP contribution >= 0.6 is 0 Å². The summed E-state index contributed by atoms with van der Waals surface area (Å²) in [5, 5.41) is 0. The predicted octanol–water partition coefficient (Wildman–Crippen LogP) is 5.03. The van der Waals surface area contributed by atoms with Crippen molar-refractivity contribution < 1.29 is 0 Å². The highest BCUT2D eigenvalue weighted by Gasteiger charge is 2.30. The van der Waals surface area contributed by atoms with Gasteiger partial charge in [-0.15, -0.1) is 0 Å². The van der Waals surface area contributed by atoms with Gasteiger partial charge in [0.1, 0.15) is 0 Å². The molecule has 0 aliphatic heterocycles. The fraction of sp³-hybridized carbons (Fsp3) is 1.00. The monoisotopic (exact) mass is 376 g/mol. The molecule has 0 aromatic heterocycles. The van der Waals surface area contributed by atoms with Crippen molar-refractivity contribution in [2.45, 2.75) is 106 Å². The minimum absolute atomic E-state index is 0. The van der Waals surface area contributed by atoms with Gasteiger partial charge in [0, 0.05) is 0 Å². The molecule has 26 heavy (non-hydrogen) atoms. The van der Waals surface area contributed by atoms with Crippen molar-refractivity contribution in [3.63, 3.8) is 0 Å². The maximum absolute atomic E-state index is 4.85. The van der Waals surface area contributed by atoms with Gasteiger partial charge < -0.3 is 22.9 Å². The molecule has 0 radical (unpaired) electrons. The Morgan fingerprint density at radius 2 is 0.654 bits per heavy atom. The van der Waals surface area contributed by atoms with Gasteiger partial charge in [0.2, 0.25) is 0 Å². The smallest absolute Gasteiger partial charge is 0.0106 e. The Morgan fingerprint density at radius 3 is 0.731 bits per heavy atom. The first-order chi connectivity index (χ1) is 12.1. The standard InChI is InChI=1S/C7H12.C6H12.4C2H7N.CH4/c1-2-7-4-3-6(1)5-7;1-2-4-6-5-3-1;4*1-2-3;/h6-7H,1-5H2;1-6H2;4*2-3H2,1H3;1H4. The highest BCUT2D eigenvalue weighted by Crippen LogP contribution is 2.43. The van der Waals surface area contributed by atoms with Crippen molar-refractivity contribution in [2.24, 2.45) is 34.8 Å². The molecule has 0 saturated heterocycles. The van der Waals surface area contributed by atoms with Crippen LogP contribution in [0.25, 0.3) is 0 Å². The number of hydrogen-bond donors (Lipinski definition) is 4. The Labute approximate surface area is 167 Å². The number of fused-ring (bicyclic) bond motifs is 2. The molecule has 3 saturated carbocycles. The van der Waals surface area contributed by atoms with Gasteiger partial charge in [-0.25, -0.2) is 0 Å². The SMILES string of the molecule is C.C1CC2CCC1C2.C1CCCCC1.CCN.CCN.CCN.CCN. The summed E-state index contributed by atoms with van der Waals surface area (Å²) >= 11 is 0. The van der Waals surface area contributed by atoms with Gasteiger partial charge in [-0.3, -0.25) is 0 Å². The lowest BCUT2D eigenvalue weighted by Gasteiger charge is -2.05. The molecule has 0 amide bonds. The van der Waals surface area contributed by atoms with Crippen LogP contribution in [0, 0.1) is 11.8 Å². The van der Waals surface area contributed by atoms with Crippen molar-refractivity contribution in [3.8, 4) is 0 Å². The van der Waals surface area contributed by atoms with Gasteiger partial charge in [0.05, 0.1) is 0 Å². The predicted molar refractivity (Wildman–Crippen MR) is 123 cm³/mol. The second-order valence-electron chi connectivity index (χ2n) is 6.88. The van der Waals surface area contributed by atoms with E-state index in [1.165, 1.54) is 50.4 Å². The van der Waals surface area contributed by atoms with E-state index in [9.17, 15) is 0 Å². The topological polar surface area (TPSA) is 104 Å². The molecule has 3 rings (SSSR count). The lowest BCUT2D eigenvalue weighted by Crippen LogP contribution is -1.90. The van der Waals surface area contributed by atoms with Crippen LogP contribution in [0.5, 0.6) is 0 Å². The van der Waals surface area contributed by atoms with E-state index in [1.54, 1.807) is 32.1 Å². The molecule has 0 heterocycles. The van der Waals surface area contributed by atoms with Gasteiger partial charge in [-0.05, 0) is 44.4 Å². The van der Waals surface area contributed by atoms with Crippen molar-refractivity contribution in [1.82, 2.24) is 0 Å². The Bertz CT molecular complexity index is 159. The highest BCUT2D eigenvalue weighted by molar-refractivity contribution is 4.82. The molecule has 0 unspecified atom stereocenters. The maximum Gasteiger partial charge on any atom is -0.0106 e. The molecule has 3 aliphatic carbocycles. The van der Waals surface area contributed by atoms with E-state index >= 15 is 0 Å². The highest BCUT2D eigenvalue weighted by atomic mass is 14.5. The van der Waals surface area contributed by atoms with E-state index < -0.39 is 0 Å². The van der Waals surface area contributed by atoms with Crippen molar-refractivity contribution in [3.05, 3.63) is 0 Å². The average molecular weight is 377 g/mol. The molecular formula is C22H56N4. The van der Waals surface area contributed by atoms with Crippen LogP contribution < -0.4 is 22.9 Å². The third-order valence-corrected chi connectivity index (χ3v) is 4.13. The lowest BCUT2D eigenvalue weighted by molar-refractivity contribution is 0.480. The van der Waals surface area contributed by atoms with E-state index in [4.69, 9.17) is 22.9 Å². The van der Waals surface area contributed by atoms with E-state index in [1.807, 2.05) is 27.7 Å². The molecule has 2 bridgehead atoms. The lowest BCUT2D eigenvalue weighted by atomic mass is 10.0. The second kappa shape index (κ2) is 32.5. The van der Waals surface area contributed by atoms with Crippen LogP contribution in [0.15, 0.2) is 0 Å². The molecule has 0 aromatic carbocycles. The second-order valence-corrected chi connectivity index (χ2v) is 6.88. The van der Waals surface area contributed by atoms with Crippen molar-refractivity contribution in [2.75, 3.05) is 26.2 Å². The Hall–Kier alpha value is -0.160. The average Bonchev–Trinajstić information content (AvgIpc) is 3.26. The zero-order valence-corrected chi connectivity index (χ0v) is 18.1. The van der Waals surface area contributed by atoms with Crippen LogP contribution in [0.1, 0.15) is 106 Å². The normalized spacial score (nSPS) is 21.2. The van der Waals surface area contributed by atoms with Crippen molar-refractivity contribution >= 4 is 0 Å². The summed E-state index contributed by atoms with van der Waals surface area (Å²) < 4.78 is 0. The summed E-state index contributed by atoms with van der Waals surface area (Å²) in [5.74, 6) is 2.34. The fourth-order valence-corrected chi connectivity index (χ4v) is 3.23. The van der Waals surface area contributed by atoms with Crippen LogP contribution in [0.3, 0.4) is 0 Å². The van der Waals surface area contributed by atoms with Gasteiger partial charge in [0.15, 0.2) is 0 Å². The summed E-state index contributed by atoms with van der Waals surface area (Å²) in [5.41, 5.74) is 19.4. The van der Waals surface area contributed by atoms with Crippen LogP contribution in [0.2, 0.25) is 0 Å². The first kappa shape index (κ1) is 33.4. The number of nitrogens with two attached hydrogens (primary N) is 4. The van der Waals surface area contributed by atoms with Crippen LogP contribution in [0.4, 0.5) is 0 Å². The van der Waals surface area contributed by atoms with E-state index in [2.05, 4.69) is 0 Å². The van der Waals surface area contributed by atoms with Crippen LogP contribution in [-0.4, -0.2) is 26.2 Å². The minimum atomic E-state index is 0. The first-order valence-corrected chi connectivity index (χ1v) is 10.9. The third kappa shape index (κ3) is 31.6. The molecule has 8 N–H and O–H groups in total. The maximum atomic E-state index is 4.85. The number of hydrogen-bond acceptors (Lipinski definition) is 4. The summed E-state index contributed by atoms with van der Waals surface area (Å²) in [6.07, 6.45) is 16.8. The van der Waals surface area contributed by atoms with Crippen molar-refractivity contribution in [1.29, 1.82) is 0 Å². The van der Waals surface area contributed by atoms with E-state index in [0.717, 1.165) is 26.2 Å². The van der Waals surface area contributed by atoms with Gasteiger partial charge >= 0.3 is 0 Å². The summed E-state index contributed by atoms with van der Waals surface area (Å²) in [6, 6.07) is 0. The van der Waals surface area contributed by atoms with Gasteiger partial charge in [-0.2, -0.15) is 0 Å². The summed E-state index contributed by atoms with van der Waals surface area (Å²) in [6.45, 7) is 10.6. The third-order valence-electron chi connectivity index (χ3n) is 4.13. The zero-order valence-electron chi connectivity index (χ0n) is 18.1. The molecule has 4 nitrogen and oxygen atoms in total. The molecule has 0 atom stereocenters. The number of rotatable bonds is 0.